The Morgan fingerprint density at radius 3 is 2.95 bits per heavy atom. The molecule has 0 atom stereocenters. The molecule has 2 aromatic rings. The highest BCUT2D eigenvalue weighted by molar-refractivity contribution is 5.91. The van der Waals surface area contributed by atoms with Gasteiger partial charge in [-0.15, -0.1) is 6.58 Å². The Kier molecular flexibility index (Phi) is 4.56. The first-order valence-electron chi connectivity index (χ1n) is 6.36. The minimum Gasteiger partial charge on any atom is -0.465 e. The van der Waals surface area contributed by atoms with Crippen LogP contribution in [0.15, 0.2) is 49.2 Å². The summed E-state index contributed by atoms with van der Waals surface area (Å²) in [5.74, 6) is 0.270. The number of carbonyl (C=O) groups is 1. The van der Waals surface area contributed by atoms with Gasteiger partial charge in [-0.25, -0.2) is 9.78 Å². The zero-order valence-electron chi connectivity index (χ0n) is 11.7. The molecule has 2 N–H and O–H groups in total. The van der Waals surface area contributed by atoms with Crippen molar-refractivity contribution in [1.82, 2.24) is 4.98 Å². The van der Waals surface area contributed by atoms with E-state index in [2.05, 4.69) is 11.6 Å². The average Bonchev–Trinajstić information content (AvgIpc) is 2.50. The number of ether oxygens (including phenoxy) is 2. The SMILES string of the molecule is C=CCc1cc(N)ccc1Oc1ncccc1C(=O)OC. The van der Waals surface area contributed by atoms with Gasteiger partial charge in [-0.05, 0) is 36.8 Å². The number of rotatable bonds is 5. The van der Waals surface area contributed by atoms with Gasteiger partial charge < -0.3 is 15.2 Å². The van der Waals surface area contributed by atoms with Crippen molar-refractivity contribution in [2.75, 3.05) is 12.8 Å². The van der Waals surface area contributed by atoms with Gasteiger partial charge in [-0.1, -0.05) is 6.08 Å². The lowest BCUT2D eigenvalue weighted by molar-refractivity contribution is 0.0597. The number of anilines is 1. The predicted molar refractivity (Wildman–Crippen MR) is 80.4 cm³/mol. The van der Waals surface area contributed by atoms with E-state index in [0.717, 1.165) is 5.56 Å². The topological polar surface area (TPSA) is 74.4 Å². The molecule has 0 fully saturated rings. The van der Waals surface area contributed by atoms with Crippen molar-refractivity contribution >= 4 is 11.7 Å². The van der Waals surface area contributed by atoms with Crippen molar-refractivity contribution in [3.05, 3.63) is 60.3 Å². The number of benzene rings is 1. The normalized spacial score (nSPS) is 9.95. The van der Waals surface area contributed by atoms with Crippen LogP contribution in [0.25, 0.3) is 0 Å². The predicted octanol–water partition coefficient (Wildman–Crippen LogP) is 2.97. The molecule has 0 saturated carbocycles. The van der Waals surface area contributed by atoms with E-state index in [0.29, 0.717) is 17.9 Å². The Morgan fingerprint density at radius 1 is 1.43 bits per heavy atom. The van der Waals surface area contributed by atoms with Gasteiger partial charge in [-0.2, -0.15) is 0 Å². The standard InChI is InChI=1S/C16H16N2O3/c1-3-5-11-10-12(17)7-8-14(11)21-15-13(16(19)20-2)6-4-9-18-15/h3-4,6-10H,1,5,17H2,2H3. The average molecular weight is 284 g/mol. The number of nitrogens with zero attached hydrogens (tertiary/aromatic N) is 1. The Balaban J connectivity index is 2.38. The third-order valence-electron chi connectivity index (χ3n) is 2.83. The molecule has 1 aromatic carbocycles. The largest absolute Gasteiger partial charge is 0.465 e. The van der Waals surface area contributed by atoms with Crippen molar-refractivity contribution in [2.24, 2.45) is 0 Å². The molecular formula is C16H16N2O3. The number of hydrogen-bond donors (Lipinski definition) is 1. The number of methoxy groups -OCH3 is 1. The highest BCUT2D eigenvalue weighted by atomic mass is 16.5. The lowest BCUT2D eigenvalue weighted by Crippen LogP contribution is -2.05. The molecule has 0 bridgehead atoms. The van der Waals surface area contributed by atoms with Crippen LogP contribution in [0, 0.1) is 0 Å². The summed E-state index contributed by atoms with van der Waals surface area (Å²) in [5, 5.41) is 0. The Hall–Kier alpha value is -2.82. The Labute approximate surface area is 123 Å². The summed E-state index contributed by atoms with van der Waals surface area (Å²) in [5.41, 5.74) is 7.54. The number of nitrogens with two attached hydrogens (primary N) is 1. The molecule has 0 unspecified atom stereocenters. The first-order chi connectivity index (χ1) is 10.2. The van der Waals surface area contributed by atoms with Gasteiger partial charge in [0.1, 0.15) is 11.3 Å². The third kappa shape index (κ3) is 3.39. The van der Waals surface area contributed by atoms with Crippen LogP contribution in [-0.4, -0.2) is 18.1 Å². The van der Waals surface area contributed by atoms with E-state index in [1.54, 1.807) is 42.6 Å². The first kappa shape index (κ1) is 14.6. The van der Waals surface area contributed by atoms with Gasteiger partial charge in [0, 0.05) is 17.4 Å². The molecule has 0 aliphatic rings. The molecule has 21 heavy (non-hydrogen) atoms. The summed E-state index contributed by atoms with van der Waals surface area (Å²) in [7, 11) is 1.31. The number of aromatic nitrogens is 1. The molecule has 5 nitrogen and oxygen atoms in total. The monoisotopic (exact) mass is 284 g/mol. The highest BCUT2D eigenvalue weighted by Gasteiger charge is 2.15. The second-order valence-electron chi connectivity index (χ2n) is 4.31. The lowest BCUT2D eigenvalue weighted by atomic mass is 10.1. The van der Waals surface area contributed by atoms with Gasteiger partial charge in [0.05, 0.1) is 7.11 Å². The summed E-state index contributed by atoms with van der Waals surface area (Å²) < 4.78 is 10.5. The molecule has 0 saturated heterocycles. The van der Waals surface area contributed by atoms with Gasteiger partial charge in [-0.3, -0.25) is 0 Å². The van der Waals surface area contributed by atoms with Crippen molar-refractivity contribution in [3.63, 3.8) is 0 Å². The minimum absolute atomic E-state index is 0.194. The van der Waals surface area contributed by atoms with E-state index in [1.165, 1.54) is 7.11 Å². The summed E-state index contributed by atoms with van der Waals surface area (Å²) in [6.07, 6.45) is 3.90. The van der Waals surface area contributed by atoms with Crippen LogP contribution in [0.1, 0.15) is 15.9 Å². The Bertz CT molecular complexity index is 668. The Morgan fingerprint density at radius 2 is 2.24 bits per heavy atom. The third-order valence-corrected chi connectivity index (χ3v) is 2.83. The van der Waals surface area contributed by atoms with Gasteiger partial charge >= 0.3 is 5.97 Å². The lowest BCUT2D eigenvalue weighted by Gasteiger charge is -2.12. The van der Waals surface area contributed by atoms with Gasteiger partial charge in [0.15, 0.2) is 0 Å². The number of carbonyl (C=O) groups excluding carboxylic acids is 1. The summed E-state index contributed by atoms with van der Waals surface area (Å²) in [4.78, 5) is 15.8. The van der Waals surface area contributed by atoms with Crippen molar-refractivity contribution < 1.29 is 14.3 Å². The molecule has 2 rings (SSSR count). The zero-order valence-corrected chi connectivity index (χ0v) is 11.7. The van der Waals surface area contributed by atoms with E-state index < -0.39 is 5.97 Å². The summed E-state index contributed by atoms with van der Waals surface area (Å²) >= 11 is 0. The molecule has 5 heteroatoms. The van der Waals surface area contributed by atoms with Gasteiger partial charge in [0.2, 0.25) is 5.88 Å². The van der Waals surface area contributed by atoms with Crippen LogP contribution < -0.4 is 10.5 Å². The summed E-state index contributed by atoms with van der Waals surface area (Å²) in [6.45, 7) is 3.71. The maximum atomic E-state index is 11.7. The van der Waals surface area contributed by atoms with Crippen LogP contribution in [0.2, 0.25) is 0 Å². The highest BCUT2D eigenvalue weighted by Crippen LogP contribution is 2.28. The molecule has 108 valence electrons. The van der Waals surface area contributed by atoms with E-state index in [4.69, 9.17) is 15.2 Å². The van der Waals surface area contributed by atoms with E-state index in [1.807, 2.05) is 0 Å². The molecule has 0 aliphatic heterocycles. The number of pyridine rings is 1. The second kappa shape index (κ2) is 6.56. The molecule has 1 heterocycles. The van der Waals surface area contributed by atoms with Crippen molar-refractivity contribution in [2.45, 2.75) is 6.42 Å². The zero-order chi connectivity index (χ0) is 15.2. The minimum atomic E-state index is -0.501. The molecule has 0 amide bonds. The van der Waals surface area contributed by atoms with E-state index in [-0.39, 0.29) is 11.4 Å². The molecule has 0 radical (unpaired) electrons. The van der Waals surface area contributed by atoms with Crippen LogP contribution in [0.5, 0.6) is 11.6 Å². The van der Waals surface area contributed by atoms with Crippen LogP contribution in [0.3, 0.4) is 0 Å². The smallest absolute Gasteiger partial charge is 0.343 e. The van der Waals surface area contributed by atoms with Crippen LogP contribution in [0.4, 0.5) is 5.69 Å². The maximum absolute atomic E-state index is 11.7. The van der Waals surface area contributed by atoms with Crippen LogP contribution >= 0.6 is 0 Å². The quantitative estimate of drug-likeness (QED) is 0.519. The molecule has 0 aliphatic carbocycles. The van der Waals surface area contributed by atoms with Crippen molar-refractivity contribution in [3.8, 4) is 11.6 Å². The van der Waals surface area contributed by atoms with E-state index in [9.17, 15) is 4.79 Å². The molecule has 1 aromatic heterocycles. The number of nitrogen functional groups attached to an aromatic ring is 1. The molecular weight excluding hydrogens is 268 g/mol. The van der Waals surface area contributed by atoms with E-state index >= 15 is 0 Å². The first-order valence-corrected chi connectivity index (χ1v) is 6.36. The fraction of sp³-hybridized carbons (Fsp3) is 0.125. The van der Waals surface area contributed by atoms with Gasteiger partial charge in [0.25, 0.3) is 0 Å². The number of esters is 1. The molecule has 0 spiro atoms. The number of hydrogen-bond acceptors (Lipinski definition) is 5. The second-order valence-corrected chi connectivity index (χ2v) is 4.31. The summed E-state index contributed by atoms with van der Waals surface area (Å²) in [6, 6.07) is 8.51. The van der Waals surface area contributed by atoms with Crippen molar-refractivity contribution in [1.29, 1.82) is 0 Å². The maximum Gasteiger partial charge on any atom is 0.343 e. The number of allylic oxidation sites excluding steroid dienone is 1. The fourth-order valence-corrected chi connectivity index (χ4v) is 1.86. The fourth-order valence-electron chi connectivity index (χ4n) is 1.86. The van der Waals surface area contributed by atoms with Crippen LogP contribution in [-0.2, 0) is 11.2 Å².